The summed E-state index contributed by atoms with van der Waals surface area (Å²) in [5.41, 5.74) is 6.14. The van der Waals surface area contributed by atoms with Crippen LogP contribution in [0, 0.1) is 0 Å². The number of carbonyl (C=O) groups is 1. The average molecular weight is 228 g/mol. The van der Waals surface area contributed by atoms with E-state index in [0.29, 0.717) is 5.69 Å². The highest BCUT2D eigenvalue weighted by Gasteiger charge is 2.30. The zero-order valence-corrected chi connectivity index (χ0v) is 8.61. The van der Waals surface area contributed by atoms with Crippen molar-refractivity contribution < 1.29 is 9.90 Å². The third kappa shape index (κ3) is 1.88. The number of hydrogen-bond acceptors (Lipinski definition) is 4. The van der Waals surface area contributed by atoms with Gasteiger partial charge < -0.3 is 15.7 Å². The first-order valence-corrected chi connectivity index (χ1v) is 4.86. The van der Waals surface area contributed by atoms with Gasteiger partial charge in [0.1, 0.15) is 11.0 Å². The number of nitrogen functional groups attached to an aromatic ring is 1. The summed E-state index contributed by atoms with van der Waals surface area (Å²) in [5, 5.41) is 9.61. The van der Waals surface area contributed by atoms with Crippen LogP contribution in [0.15, 0.2) is 12.1 Å². The summed E-state index contributed by atoms with van der Waals surface area (Å²) < 4.78 is 0. The molecule has 1 saturated heterocycles. The molecule has 1 aromatic heterocycles. The fourth-order valence-corrected chi connectivity index (χ4v) is 1.75. The molecular weight excluding hydrogens is 218 g/mol. The fourth-order valence-electron chi connectivity index (χ4n) is 1.59. The molecular formula is C9H10ClN3O2. The van der Waals surface area contributed by atoms with Gasteiger partial charge in [0.15, 0.2) is 0 Å². The number of halogens is 1. The van der Waals surface area contributed by atoms with Crippen molar-refractivity contribution in [1.82, 2.24) is 4.98 Å². The molecule has 1 aliphatic heterocycles. The fraction of sp³-hybridized carbons (Fsp3) is 0.333. The number of anilines is 2. The van der Waals surface area contributed by atoms with Gasteiger partial charge in [0.25, 0.3) is 0 Å². The van der Waals surface area contributed by atoms with Crippen LogP contribution in [0.1, 0.15) is 6.42 Å². The Morgan fingerprint density at radius 1 is 1.60 bits per heavy atom. The van der Waals surface area contributed by atoms with Crippen molar-refractivity contribution in [2.45, 2.75) is 12.5 Å². The number of aromatic nitrogens is 1. The number of aliphatic hydroxyl groups is 1. The Morgan fingerprint density at radius 3 is 2.87 bits per heavy atom. The molecule has 0 aliphatic carbocycles. The van der Waals surface area contributed by atoms with Gasteiger partial charge in [-0.2, -0.15) is 0 Å². The summed E-state index contributed by atoms with van der Waals surface area (Å²) >= 11 is 5.64. The van der Waals surface area contributed by atoms with E-state index in [-0.39, 0.29) is 29.8 Å². The summed E-state index contributed by atoms with van der Waals surface area (Å²) in [5.74, 6) is 0.0447. The molecule has 3 N–H and O–H groups in total. The van der Waals surface area contributed by atoms with E-state index >= 15 is 0 Å². The smallest absolute Gasteiger partial charge is 0.229 e. The number of rotatable bonds is 1. The molecule has 15 heavy (non-hydrogen) atoms. The molecule has 80 valence electrons. The molecule has 1 unspecified atom stereocenters. The van der Waals surface area contributed by atoms with Gasteiger partial charge in [-0.3, -0.25) is 4.79 Å². The molecule has 1 aliphatic rings. The second-order valence-electron chi connectivity index (χ2n) is 3.40. The van der Waals surface area contributed by atoms with Crippen LogP contribution < -0.4 is 10.6 Å². The Hall–Kier alpha value is -1.33. The van der Waals surface area contributed by atoms with Gasteiger partial charge in [0.2, 0.25) is 5.91 Å². The largest absolute Gasteiger partial charge is 0.391 e. The Morgan fingerprint density at radius 2 is 2.33 bits per heavy atom. The van der Waals surface area contributed by atoms with Gasteiger partial charge in [0, 0.05) is 0 Å². The lowest BCUT2D eigenvalue weighted by Crippen LogP contribution is -2.26. The van der Waals surface area contributed by atoms with Crippen molar-refractivity contribution in [3.63, 3.8) is 0 Å². The Balaban J connectivity index is 2.34. The molecule has 1 atom stereocenters. The second kappa shape index (κ2) is 3.67. The van der Waals surface area contributed by atoms with Crippen molar-refractivity contribution in [2.75, 3.05) is 17.2 Å². The summed E-state index contributed by atoms with van der Waals surface area (Å²) in [6, 6.07) is 3.19. The number of carbonyl (C=O) groups excluding carboxylic acids is 1. The summed E-state index contributed by atoms with van der Waals surface area (Å²) in [7, 11) is 0. The lowest BCUT2D eigenvalue weighted by atomic mass is 10.3. The normalized spacial score (nSPS) is 21.1. The van der Waals surface area contributed by atoms with E-state index in [2.05, 4.69) is 4.98 Å². The van der Waals surface area contributed by atoms with Crippen LogP contribution in [0.5, 0.6) is 0 Å². The van der Waals surface area contributed by atoms with Crippen LogP contribution in [-0.2, 0) is 4.79 Å². The standard InChI is InChI=1S/C9H10ClN3O2/c10-7-2-1-6(9(11)12-7)13-4-5(14)3-8(13)15/h1-2,5,14H,3-4H2,(H2,11,12). The topological polar surface area (TPSA) is 79.4 Å². The van der Waals surface area contributed by atoms with Crippen molar-refractivity contribution in [3.8, 4) is 0 Å². The van der Waals surface area contributed by atoms with Crippen LogP contribution in [0.2, 0.25) is 5.15 Å². The van der Waals surface area contributed by atoms with E-state index in [1.165, 1.54) is 4.90 Å². The summed E-state index contributed by atoms with van der Waals surface area (Å²) in [6.07, 6.45) is -0.505. The van der Waals surface area contributed by atoms with E-state index in [1.54, 1.807) is 12.1 Å². The lowest BCUT2D eigenvalue weighted by Gasteiger charge is -2.17. The van der Waals surface area contributed by atoms with Crippen molar-refractivity contribution in [1.29, 1.82) is 0 Å². The van der Waals surface area contributed by atoms with Gasteiger partial charge in [0.05, 0.1) is 24.8 Å². The van der Waals surface area contributed by atoms with Crippen LogP contribution in [0.3, 0.4) is 0 Å². The predicted molar refractivity (Wildman–Crippen MR) is 56.6 cm³/mol. The minimum atomic E-state index is -0.632. The molecule has 1 aromatic rings. The number of amides is 1. The maximum Gasteiger partial charge on any atom is 0.229 e. The minimum Gasteiger partial charge on any atom is -0.391 e. The van der Waals surface area contributed by atoms with Gasteiger partial charge in [-0.1, -0.05) is 11.6 Å². The highest BCUT2D eigenvalue weighted by Crippen LogP contribution is 2.27. The summed E-state index contributed by atoms with van der Waals surface area (Å²) in [6.45, 7) is 0.256. The molecule has 2 rings (SSSR count). The summed E-state index contributed by atoms with van der Waals surface area (Å²) in [4.78, 5) is 16.7. The molecule has 0 aromatic carbocycles. The first-order chi connectivity index (χ1) is 7.08. The van der Waals surface area contributed by atoms with Crippen molar-refractivity contribution >= 4 is 29.0 Å². The van der Waals surface area contributed by atoms with Crippen molar-refractivity contribution in [2.24, 2.45) is 0 Å². The second-order valence-corrected chi connectivity index (χ2v) is 3.79. The van der Waals surface area contributed by atoms with E-state index in [0.717, 1.165) is 0 Å². The first kappa shape index (κ1) is 10.2. The molecule has 0 spiro atoms. The van der Waals surface area contributed by atoms with E-state index in [1.807, 2.05) is 0 Å². The third-order valence-corrected chi connectivity index (χ3v) is 2.47. The molecule has 2 heterocycles. The molecule has 1 amide bonds. The maximum atomic E-state index is 11.5. The Kier molecular flexibility index (Phi) is 2.50. The molecule has 6 heteroatoms. The average Bonchev–Trinajstić information content (AvgIpc) is 2.45. The zero-order valence-electron chi connectivity index (χ0n) is 7.85. The Labute approximate surface area is 91.5 Å². The third-order valence-electron chi connectivity index (χ3n) is 2.26. The van der Waals surface area contributed by atoms with Crippen LogP contribution in [0.4, 0.5) is 11.5 Å². The number of nitrogens with two attached hydrogens (primary N) is 1. The van der Waals surface area contributed by atoms with Gasteiger partial charge in [-0.25, -0.2) is 4.98 Å². The van der Waals surface area contributed by atoms with Crippen LogP contribution in [0.25, 0.3) is 0 Å². The highest BCUT2D eigenvalue weighted by atomic mass is 35.5. The van der Waals surface area contributed by atoms with Gasteiger partial charge in [-0.05, 0) is 12.1 Å². The SMILES string of the molecule is Nc1nc(Cl)ccc1N1CC(O)CC1=O. The van der Waals surface area contributed by atoms with Gasteiger partial charge in [-0.15, -0.1) is 0 Å². The quantitative estimate of drug-likeness (QED) is 0.682. The van der Waals surface area contributed by atoms with E-state index < -0.39 is 6.10 Å². The predicted octanol–water partition coefficient (Wildman–Crippen LogP) is 0.415. The number of hydrogen-bond donors (Lipinski definition) is 2. The van der Waals surface area contributed by atoms with E-state index in [4.69, 9.17) is 17.3 Å². The Bertz CT molecular complexity index is 410. The molecule has 0 radical (unpaired) electrons. The number of β-amino-alcohol motifs (C(OH)–C–C–N with tert-alkyl or cyclic N) is 1. The maximum absolute atomic E-state index is 11.5. The minimum absolute atomic E-state index is 0.127. The molecule has 0 bridgehead atoms. The number of pyridine rings is 1. The van der Waals surface area contributed by atoms with Crippen LogP contribution in [-0.4, -0.2) is 28.6 Å². The van der Waals surface area contributed by atoms with Crippen LogP contribution >= 0.6 is 11.6 Å². The first-order valence-electron chi connectivity index (χ1n) is 4.48. The number of nitrogens with zero attached hydrogens (tertiary/aromatic N) is 2. The number of aliphatic hydroxyl groups excluding tert-OH is 1. The molecule has 1 fully saturated rings. The van der Waals surface area contributed by atoms with E-state index in [9.17, 15) is 9.90 Å². The molecule has 0 saturated carbocycles. The molecule has 5 nitrogen and oxygen atoms in total. The van der Waals surface area contributed by atoms with Gasteiger partial charge >= 0.3 is 0 Å². The monoisotopic (exact) mass is 227 g/mol. The highest BCUT2D eigenvalue weighted by molar-refractivity contribution is 6.29. The van der Waals surface area contributed by atoms with Crippen molar-refractivity contribution in [3.05, 3.63) is 17.3 Å². The lowest BCUT2D eigenvalue weighted by molar-refractivity contribution is -0.117. The zero-order chi connectivity index (χ0) is 11.0.